The number of hydrogen-bond donors (Lipinski definition) is 1. The molecule has 0 aliphatic heterocycles. The smallest absolute Gasteiger partial charge is 0.147 e. The van der Waals surface area contributed by atoms with Crippen molar-refractivity contribution >= 4 is 9.84 Å². The normalized spacial score (nSPS) is 39.1. The zero-order valence-corrected chi connectivity index (χ0v) is 10.1. The summed E-state index contributed by atoms with van der Waals surface area (Å²) in [4.78, 5) is 0. The molecule has 0 aromatic rings. The molecule has 2 unspecified atom stereocenters. The Hall–Kier alpha value is -0.0900. The molecule has 0 radical (unpaired) electrons. The summed E-state index contributed by atoms with van der Waals surface area (Å²) in [7, 11) is -2.83. The highest BCUT2D eigenvalue weighted by Crippen LogP contribution is 2.61. The van der Waals surface area contributed by atoms with Gasteiger partial charge < -0.3 is 5.11 Å². The van der Waals surface area contributed by atoms with Crippen molar-refractivity contribution in [2.24, 2.45) is 17.3 Å². The van der Waals surface area contributed by atoms with E-state index in [0.717, 1.165) is 31.1 Å². The van der Waals surface area contributed by atoms with Crippen LogP contribution in [0.4, 0.5) is 0 Å². The molecule has 2 aliphatic carbocycles. The van der Waals surface area contributed by atoms with Crippen molar-refractivity contribution in [2.45, 2.75) is 32.1 Å². The molecule has 1 N–H and O–H groups in total. The Morgan fingerprint density at radius 2 is 1.93 bits per heavy atom. The van der Waals surface area contributed by atoms with Crippen LogP contribution in [0.5, 0.6) is 0 Å². The topological polar surface area (TPSA) is 54.4 Å². The van der Waals surface area contributed by atoms with Gasteiger partial charge in [0, 0.05) is 18.6 Å². The lowest BCUT2D eigenvalue weighted by atomic mass is 9.80. The summed E-state index contributed by atoms with van der Waals surface area (Å²) in [6.45, 7) is 0.240. The fraction of sp³-hybridized carbons (Fsp3) is 1.00. The molecule has 0 bridgehead atoms. The zero-order valence-electron chi connectivity index (χ0n) is 9.28. The molecule has 2 rings (SSSR count). The van der Waals surface area contributed by atoms with Crippen LogP contribution in [0.2, 0.25) is 0 Å². The zero-order chi connectivity index (χ0) is 11.1. The second kappa shape index (κ2) is 3.74. The number of rotatable bonds is 5. The first-order chi connectivity index (χ1) is 6.94. The van der Waals surface area contributed by atoms with Crippen LogP contribution in [-0.4, -0.2) is 32.1 Å². The minimum Gasteiger partial charge on any atom is -0.396 e. The summed E-state index contributed by atoms with van der Waals surface area (Å²) in [5.41, 5.74) is 0.0677. The van der Waals surface area contributed by atoms with Gasteiger partial charge in [-0.25, -0.2) is 8.42 Å². The van der Waals surface area contributed by atoms with Crippen LogP contribution >= 0.6 is 0 Å². The van der Waals surface area contributed by atoms with Crippen molar-refractivity contribution in [2.75, 3.05) is 18.6 Å². The van der Waals surface area contributed by atoms with Gasteiger partial charge in [-0.3, -0.25) is 0 Å². The van der Waals surface area contributed by atoms with E-state index in [1.54, 1.807) is 0 Å². The Morgan fingerprint density at radius 1 is 1.33 bits per heavy atom. The summed E-state index contributed by atoms with van der Waals surface area (Å²) in [6, 6.07) is 0. The largest absolute Gasteiger partial charge is 0.396 e. The van der Waals surface area contributed by atoms with Crippen LogP contribution in [0, 0.1) is 17.3 Å². The van der Waals surface area contributed by atoms with Crippen LogP contribution in [0.15, 0.2) is 0 Å². The molecule has 0 aromatic heterocycles. The summed E-state index contributed by atoms with van der Waals surface area (Å²) < 4.78 is 22.0. The van der Waals surface area contributed by atoms with Gasteiger partial charge in [-0.2, -0.15) is 0 Å². The van der Waals surface area contributed by atoms with E-state index in [1.165, 1.54) is 12.7 Å². The second-order valence-electron chi connectivity index (χ2n) is 5.56. The van der Waals surface area contributed by atoms with Crippen LogP contribution in [0.3, 0.4) is 0 Å². The highest BCUT2D eigenvalue weighted by atomic mass is 32.2. The second-order valence-corrected chi connectivity index (χ2v) is 7.82. The van der Waals surface area contributed by atoms with Crippen LogP contribution in [-0.2, 0) is 9.84 Å². The lowest BCUT2D eigenvalue weighted by Gasteiger charge is -2.28. The standard InChI is InChI=1S/C11H20O3S/c1-15(13,14)4-2-3-11(8-12)6-9-5-10(9)7-11/h9-10,12H,2-8H2,1H3. The van der Waals surface area contributed by atoms with E-state index in [1.807, 2.05) is 0 Å². The van der Waals surface area contributed by atoms with Crippen LogP contribution in [0.1, 0.15) is 32.1 Å². The predicted octanol–water partition coefficient (Wildman–Crippen LogP) is 1.22. The van der Waals surface area contributed by atoms with Gasteiger partial charge in [-0.1, -0.05) is 0 Å². The van der Waals surface area contributed by atoms with E-state index in [9.17, 15) is 13.5 Å². The van der Waals surface area contributed by atoms with E-state index in [2.05, 4.69) is 0 Å². The summed E-state index contributed by atoms with van der Waals surface area (Å²) in [5.74, 6) is 1.95. The van der Waals surface area contributed by atoms with Crippen molar-refractivity contribution in [3.63, 3.8) is 0 Å². The lowest BCUT2D eigenvalue weighted by molar-refractivity contribution is 0.107. The third kappa shape index (κ3) is 2.72. The number of aliphatic hydroxyl groups is 1. The third-order valence-electron chi connectivity index (χ3n) is 4.02. The maximum atomic E-state index is 11.0. The van der Waals surface area contributed by atoms with E-state index in [4.69, 9.17) is 0 Å². The predicted molar refractivity (Wildman–Crippen MR) is 59.3 cm³/mol. The third-order valence-corrected chi connectivity index (χ3v) is 5.05. The molecular formula is C11H20O3S. The highest BCUT2D eigenvalue weighted by Gasteiger charge is 2.52. The Kier molecular flexibility index (Phi) is 2.84. The molecule has 2 fully saturated rings. The summed E-state index contributed by atoms with van der Waals surface area (Å²) in [5, 5.41) is 9.43. The quantitative estimate of drug-likeness (QED) is 0.775. The van der Waals surface area contributed by atoms with Gasteiger partial charge in [0.1, 0.15) is 9.84 Å². The highest BCUT2D eigenvalue weighted by molar-refractivity contribution is 7.90. The van der Waals surface area contributed by atoms with Gasteiger partial charge in [-0.15, -0.1) is 0 Å². The van der Waals surface area contributed by atoms with Gasteiger partial charge in [-0.05, 0) is 49.4 Å². The molecule has 0 heterocycles. The van der Waals surface area contributed by atoms with Crippen molar-refractivity contribution in [1.29, 1.82) is 0 Å². The molecule has 0 amide bonds. The number of sulfone groups is 1. The maximum absolute atomic E-state index is 11.0. The molecule has 3 nitrogen and oxygen atoms in total. The fourth-order valence-corrected chi connectivity index (χ4v) is 3.80. The molecule has 4 heteroatoms. The Labute approximate surface area is 91.8 Å². The number of aliphatic hydroxyl groups excluding tert-OH is 1. The molecule has 2 atom stereocenters. The SMILES string of the molecule is CS(=O)(=O)CCCC1(CO)CC2CC2C1. The molecule has 15 heavy (non-hydrogen) atoms. The van der Waals surface area contributed by atoms with Crippen molar-refractivity contribution in [3.05, 3.63) is 0 Å². The van der Waals surface area contributed by atoms with E-state index in [-0.39, 0.29) is 17.8 Å². The van der Waals surface area contributed by atoms with E-state index >= 15 is 0 Å². The fourth-order valence-electron chi connectivity index (χ4n) is 3.13. The van der Waals surface area contributed by atoms with Gasteiger partial charge >= 0.3 is 0 Å². The molecule has 0 saturated heterocycles. The number of hydrogen-bond acceptors (Lipinski definition) is 3. The van der Waals surface area contributed by atoms with Gasteiger partial charge in [0.15, 0.2) is 0 Å². The lowest BCUT2D eigenvalue weighted by Crippen LogP contribution is -2.24. The number of fused-ring (bicyclic) bond motifs is 1. The van der Waals surface area contributed by atoms with E-state index < -0.39 is 9.84 Å². The Balaban J connectivity index is 1.82. The first kappa shape index (κ1) is 11.4. The van der Waals surface area contributed by atoms with Crippen LogP contribution in [0.25, 0.3) is 0 Å². The summed E-state index contributed by atoms with van der Waals surface area (Å²) in [6.07, 6.45) is 6.46. The minimum atomic E-state index is -2.83. The average molecular weight is 232 g/mol. The first-order valence-corrected chi connectivity index (χ1v) is 7.79. The van der Waals surface area contributed by atoms with Gasteiger partial charge in [0.2, 0.25) is 0 Å². The minimum absolute atomic E-state index is 0.0677. The van der Waals surface area contributed by atoms with Crippen molar-refractivity contribution in [3.8, 4) is 0 Å². The van der Waals surface area contributed by atoms with Crippen molar-refractivity contribution < 1.29 is 13.5 Å². The van der Waals surface area contributed by atoms with Gasteiger partial charge in [0.25, 0.3) is 0 Å². The molecule has 88 valence electrons. The average Bonchev–Trinajstić information content (AvgIpc) is 2.73. The van der Waals surface area contributed by atoms with Crippen molar-refractivity contribution in [1.82, 2.24) is 0 Å². The first-order valence-electron chi connectivity index (χ1n) is 5.73. The monoisotopic (exact) mass is 232 g/mol. The molecule has 2 saturated carbocycles. The van der Waals surface area contributed by atoms with E-state index in [0.29, 0.717) is 6.42 Å². The Bertz CT molecular complexity index is 324. The van der Waals surface area contributed by atoms with Gasteiger partial charge in [0.05, 0.1) is 0 Å². The Morgan fingerprint density at radius 3 is 2.40 bits per heavy atom. The molecule has 0 aromatic carbocycles. The van der Waals surface area contributed by atoms with Crippen LogP contribution < -0.4 is 0 Å². The summed E-state index contributed by atoms with van der Waals surface area (Å²) >= 11 is 0. The molecule has 0 spiro atoms. The molecular weight excluding hydrogens is 212 g/mol. The maximum Gasteiger partial charge on any atom is 0.147 e. The molecule has 2 aliphatic rings.